The van der Waals surface area contributed by atoms with Crippen molar-refractivity contribution in [3.8, 4) is 0 Å². The highest BCUT2D eigenvalue weighted by atomic mass is 16.2. The van der Waals surface area contributed by atoms with Crippen molar-refractivity contribution in [2.24, 2.45) is 5.92 Å². The van der Waals surface area contributed by atoms with E-state index in [4.69, 9.17) is 0 Å². The van der Waals surface area contributed by atoms with E-state index in [1.165, 1.54) is 25.9 Å². The van der Waals surface area contributed by atoms with Crippen molar-refractivity contribution in [1.29, 1.82) is 0 Å². The Morgan fingerprint density at radius 3 is 2.24 bits per heavy atom. The predicted molar refractivity (Wildman–Crippen MR) is 96.3 cm³/mol. The average Bonchev–Trinajstić information content (AvgIpc) is 3.15. The fourth-order valence-electron chi connectivity index (χ4n) is 4.65. The SMILES string of the molecule is O=C(C1CC1)N1CCC(NC(=O)N2CCC[C@@H]2CN2CCCC2)CC1. The van der Waals surface area contributed by atoms with Gasteiger partial charge < -0.3 is 20.0 Å². The Bertz CT molecular complexity index is 494. The van der Waals surface area contributed by atoms with E-state index in [1.54, 1.807) is 0 Å². The molecular weight excluding hydrogens is 316 g/mol. The normalized spacial score (nSPS) is 28.6. The molecule has 1 aliphatic carbocycles. The highest BCUT2D eigenvalue weighted by Gasteiger charge is 2.36. The molecule has 6 heteroatoms. The summed E-state index contributed by atoms with van der Waals surface area (Å²) in [4.78, 5) is 31.5. The minimum Gasteiger partial charge on any atom is -0.342 e. The molecule has 25 heavy (non-hydrogen) atoms. The lowest BCUT2D eigenvalue weighted by Crippen LogP contribution is -2.52. The van der Waals surface area contributed by atoms with E-state index in [1.807, 2.05) is 4.90 Å². The smallest absolute Gasteiger partial charge is 0.317 e. The summed E-state index contributed by atoms with van der Waals surface area (Å²) >= 11 is 0. The van der Waals surface area contributed by atoms with Crippen LogP contribution in [-0.2, 0) is 4.79 Å². The number of piperidine rings is 1. The van der Waals surface area contributed by atoms with Crippen LogP contribution >= 0.6 is 0 Å². The van der Waals surface area contributed by atoms with Gasteiger partial charge in [-0.25, -0.2) is 4.79 Å². The number of nitrogens with one attached hydrogen (secondary N) is 1. The number of urea groups is 1. The Morgan fingerprint density at radius 1 is 0.840 bits per heavy atom. The second kappa shape index (κ2) is 7.52. The van der Waals surface area contributed by atoms with Crippen LogP contribution in [0.3, 0.4) is 0 Å². The minimum atomic E-state index is 0.119. The van der Waals surface area contributed by atoms with E-state index in [9.17, 15) is 9.59 Å². The zero-order chi connectivity index (χ0) is 17.2. The molecule has 0 radical (unpaired) electrons. The number of nitrogens with zero attached hydrogens (tertiary/aromatic N) is 3. The third kappa shape index (κ3) is 4.10. The molecule has 6 nitrogen and oxygen atoms in total. The summed E-state index contributed by atoms with van der Waals surface area (Å²) in [5.41, 5.74) is 0. The van der Waals surface area contributed by atoms with E-state index in [2.05, 4.69) is 15.1 Å². The fourth-order valence-corrected chi connectivity index (χ4v) is 4.65. The molecule has 1 saturated carbocycles. The van der Waals surface area contributed by atoms with Gasteiger partial charge in [-0.1, -0.05) is 0 Å². The second-order valence-corrected chi connectivity index (χ2v) is 8.32. The number of likely N-dealkylation sites (tertiary alicyclic amines) is 3. The maximum Gasteiger partial charge on any atom is 0.317 e. The molecule has 3 heterocycles. The highest BCUT2D eigenvalue weighted by molar-refractivity contribution is 5.81. The van der Waals surface area contributed by atoms with Crippen molar-refractivity contribution in [3.63, 3.8) is 0 Å². The minimum absolute atomic E-state index is 0.119. The molecule has 3 saturated heterocycles. The molecule has 4 fully saturated rings. The van der Waals surface area contributed by atoms with Crippen LogP contribution in [0.4, 0.5) is 4.79 Å². The van der Waals surface area contributed by atoms with Crippen molar-refractivity contribution in [1.82, 2.24) is 20.0 Å². The molecular formula is C19H32N4O2. The summed E-state index contributed by atoms with van der Waals surface area (Å²) in [6, 6.07) is 0.729. The topological polar surface area (TPSA) is 55.9 Å². The van der Waals surface area contributed by atoms with Gasteiger partial charge in [-0.2, -0.15) is 0 Å². The van der Waals surface area contributed by atoms with Crippen LogP contribution in [0.2, 0.25) is 0 Å². The quantitative estimate of drug-likeness (QED) is 0.841. The molecule has 3 aliphatic heterocycles. The van der Waals surface area contributed by atoms with Gasteiger partial charge in [-0.3, -0.25) is 4.79 Å². The van der Waals surface area contributed by atoms with E-state index >= 15 is 0 Å². The summed E-state index contributed by atoms with van der Waals surface area (Å²) in [5.74, 6) is 0.650. The Morgan fingerprint density at radius 2 is 1.56 bits per heavy atom. The van der Waals surface area contributed by atoms with Gasteiger partial charge in [-0.15, -0.1) is 0 Å². The summed E-state index contributed by atoms with van der Waals surface area (Å²) in [5, 5.41) is 3.25. The Kier molecular flexibility index (Phi) is 5.15. The molecule has 3 amide bonds. The zero-order valence-electron chi connectivity index (χ0n) is 15.3. The largest absolute Gasteiger partial charge is 0.342 e. The third-order valence-electron chi connectivity index (χ3n) is 6.37. The zero-order valence-corrected chi connectivity index (χ0v) is 15.3. The number of rotatable bonds is 4. The van der Waals surface area contributed by atoms with Gasteiger partial charge in [0.15, 0.2) is 0 Å². The first-order chi connectivity index (χ1) is 12.2. The molecule has 0 aromatic heterocycles. The molecule has 0 unspecified atom stereocenters. The third-order valence-corrected chi connectivity index (χ3v) is 6.37. The second-order valence-electron chi connectivity index (χ2n) is 8.32. The molecule has 140 valence electrons. The van der Waals surface area contributed by atoms with Crippen LogP contribution in [0.25, 0.3) is 0 Å². The molecule has 1 atom stereocenters. The van der Waals surface area contributed by atoms with Gasteiger partial charge in [0.05, 0.1) is 0 Å². The van der Waals surface area contributed by atoms with Crippen molar-refractivity contribution < 1.29 is 9.59 Å². The summed E-state index contributed by atoms with van der Waals surface area (Å²) in [7, 11) is 0. The molecule has 4 rings (SSSR count). The van der Waals surface area contributed by atoms with E-state index in [-0.39, 0.29) is 12.1 Å². The average molecular weight is 348 g/mol. The van der Waals surface area contributed by atoms with E-state index in [0.29, 0.717) is 17.9 Å². The first kappa shape index (κ1) is 17.1. The van der Waals surface area contributed by atoms with Crippen molar-refractivity contribution in [3.05, 3.63) is 0 Å². The molecule has 0 bridgehead atoms. The number of amides is 3. The maximum absolute atomic E-state index is 12.7. The van der Waals surface area contributed by atoms with Gasteiger partial charge in [0, 0.05) is 44.2 Å². The summed E-state index contributed by atoms with van der Waals surface area (Å²) < 4.78 is 0. The lowest BCUT2D eigenvalue weighted by atomic mass is 10.0. The number of hydrogen-bond donors (Lipinski definition) is 1. The van der Waals surface area contributed by atoms with Crippen LogP contribution in [0.15, 0.2) is 0 Å². The Labute approximate surface area is 150 Å². The molecule has 0 aromatic rings. The molecule has 1 N–H and O–H groups in total. The summed E-state index contributed by atoms with van der Waals surface area (Å²) in [6.45, 7) is 5.93. The monoisotopic (exact) mass is 348 g/mol. The standard InChI is InChI=1S/C19H32N4O2/c24-18(15-5-6-15)22-12-7-16(8-13-22)20-19(25)23-11-3-4-17(23)14-21-9-1-2-10-21/h15-17H,1-14H2,(H,20,25)/t17-/m1/s1. The lowest BCUT2D eigenvalue weighted by Gasteiger charge is -2.35. The predicted octanol–water partition coefficient (Wildman–Crippen LogP) is 1.66. The van der Waals surface area contributed by atoms with Gasteiger partial charge in [0.2, 0.25) is 5.91 Å². The van der Waals surface area contributed by atoms with Crippen LogP contribution in [0, 0.1) is 5.92 Å². The molecule has 4 aliphatic rings. The summed E-state index contributed by atoms with van der Waals surface area (Å²) in [6.07, 6.45) is 8.81. The van der Waals surface area contributed by atoms with E-state index in [0.717, 1.165) is 64.7 Å². The molecule has 0 aromatic carbocycles. The van der Waals surface area contributed by atoms with Gasteiger partial charge >= 0.3 is 6.03 Å². The highest BCUT2D eigenvalue weighted by Crippen LogP contribution is 2.32. The number of hydrogen-bond acceptors (Lipinski definition) is 3. The van der Waals surface area contributed by atoms with Crippen LogP contribution < -0.4 is 5.32 Å². The lowest BCUT2D eigenvalue weighted by molar-refractivity contribution is -0.133. The first-order valence-electron chi connectivity index (χ1n) is 10.3. The van der Waals surface area contributed by atoms with Crippen molar-refractivity contribution in [2.45, 2.75) is 63.5 Å². The van der Waals surface area contributed by atoms with Crippen LogP contribution in [-0.4, -0.2) is 78.0 Å². The van der Waals surface area contributed by atoms with Gasteiger partial charge in [-0.05, 0) is 64.5 Å². The van der Waals surface area contributed by atoms with Crippen molar-refractivity contribution >= 4 is 11.9 Å². The maximum atomic E-state index is 12.7. The Balaban J connectivity index is 1.23. The van der Waals surface area contributed by atoms with Crippen LogP contribution in [0.1, 0.15) is 51.4 Å². The number of carbonyl (C=O) groups is 2. The van der Waals surface area contributed by atoms with Gasteiger partial charge in [0.1, 0.15) is 0 Å². The van der Waals surface area contributed by atoms with Crippen molar-refractivity contribution in [2.75, 3.05) is 39.3 Å². The first-order valence-corrected chi connectivity index (χ1v) is 10.3. The fraction of sp³-hybridized carbons (Fsp3) is 0.895. The Hall–Kier alpha value is -1.30. The van der Waals surface area contributed by atoms with E-state index < -0.39 is 0 Å². The number of carbonyl (C=O) groups excluding carboxylic acids is 2. The van der Waals surface area contributed by atoms with Crippen LogP contribution in [0.5, 0.6) is 0 Å². The van der Waals surface area contributed by atoms with Gasteiger partial charge in [0.25, 0.3) is 0 Å². The molecule has 0 spiro atoms.